The molecule has 0 aliphatic carbocycles. The van der Waals surface area contributed by atoms with Gasteiger partial charge in [0.1, 0.15) is 0 Å². The predicted octanol–water partition coefficient (Wildman–Crippen LogP) is 6.87. The fourth-order valence-electron chi connectivity index (χ4n) is 3.63. The van der Waals surface area contributed by atoms with Gasteiger partial charge in [0.05, 0.1) is 23.6 Å². The molecule has 4 rings (SSSR count). The number of imide groups is 1. The maximum absolute atomic E-state index is 12.9. The molecule has 1 fully saturated rings. The Bertz CT molecular complexity index is 1440. The Morgan fingerprint density at radius 2 is 1.76 bits per heavy atom. The van der Waals surface area contributed by atoms with Crippen molar-refractivity contribution in [2.75, 3.05) is 19.0 Å². The third kappa shape index (κ3) is 6.51. The number of carbonyl (C=O) groups excluding carboxylic acids is 3. The zero-order valence-corrected chi connectivity index (χ0v) is 23.2. The number of rotatable bonds is 8. The minimum absolute atomic E-state index is 0.177. The van der Waals surface area contributed by atoms with E-state index in [4.69, 9.17) is 32.7 Å². The maximum atomic E-state index is 12.9. The first-order valence-electron chi connectivity index (χ1n) is 11.5. The molecule has 1 saturated heterocycles. The summed E-state index contributed by atoms with van der Waals surface area (Å²) in [7, 11) is 1.44. The van der Waals surface area contributed by atoms with Crippen LogP contribution in [0.2, 0.25) is 10.0 Å². The molecule has 0 unspecified atom stereocenters. The summed E-state index contributed by atoms with van der Waals surface area (Å²) in [5.41, 5.74) is 3.93. The fourth-order valence-corrected chi connectivity index (χ4v) is 4.92. The van der Waals surface area contributed by atoms with Crippen molar-refractivity contribution in [3.63, 3.8) is 0 Å². The van der Waals surface area contributed by atoms with Gasteiger partial charge in [0.25, 0.3) is 17.1 Å². The third-order valence-electron chi connectivity index (χ3n) is 5.69. The molecule has 0 saturated carbocycles. The summed E-state index contributed by atoms with van der Waals surface area (Å²) in [6.45, 7) is 3.71. The quantitative estimate of drug-likeness (QED) is 0.297. The summed E-state index contributed by atoms with van der Waals surface area (Å²) in [6.07, 6.45) is 1.58. The van der Waals surface area contributed by atoms with Crippen LogP contribution in [0.5, 0.6) is 11.5 Å². The molecule has 0 bridgehead atoms. The zero-order valence-electron chi connectivity index (χ0n) is 20.8. The SMILES string of the molecule is COc1cc(/C=C2\SC(=O)N(Cc3ccc(C)cc3)C2=O)cc(Cl)c1OCC(=O)Nc1ccc(C)c(Cl)c1. The van der Waals surface area contributed by atoms with Crippen molar-refractivity contribution in [2.24, 2.45) is 0 Å². The van der Waals surface area contributed by atoms with Crippen LogP contribution in [0, 0.1) is 13.8 Å². The number of nitrogens with zero attached hydrogens (tertiary/aromatic N) is 1. The molecule has 196 valence electrons. The topological polar surface area (TPSA) is 84.9 Å². The third-order valence-corrected chi connectivity index (χ3v) is 7.28. The van der Waals surface area contributed by atoms with Gasteiger partial charge in [-0.05, 0) is 72.6 Å². The molecule has 10 heteroatoms. The van der Waals surface area contributed by atoms with Crippen molar-refractivity contribution in [3.8, 4) is 11.5 Å². The number of anilines is 1. The van der Waals surface area contributed by atoms with Gasteiger partial charge in [-0.25, -0.2) is 0 Å². The molecular formula is C28H24Cl2N2O5S. The van der Waals surface area contributed by atoms with E-state index in [2.05, 4.69) is 5.32 Å². The predicted molar refractivity (Wildman–Crippen MR) is 151 cm³/mol. The van der Waals surface area contributed by atoms with E-state index in [9.17, 15) is 14.4 Å². The summed E-state index contributed by atoms with van der Waals surface area (Å²) in [5, 5.41) is 3.08. The summed E-state index contributed by atoms with van der Waals surface area (Å²) >= 11 is 13.4. The van der Waals surface area contributed by atoms with Gasteiger partial charge in [-0.2, -0.15) is 0 Å². The van der Waals surface area contributed by atoms with Crippen molar-refractivity contribution in [1.29, 1.82) is 0 Å². The zero-order chi connectivity index (χ0) is 27.4. The van der Waals surface area contributed by atoms with Gasteiger partial charge in [0.2, 0.25) is 0 Å². The van der Waals surface area contributed by atoms with Gasteiger partial charge in [-0.1, -0.05) is 59.1 Å². The van der Waals surface area contributed by atoms with Crippen LogP contribution in [0.3, 0.4) is 0 Å². The van der Waals surface area contributed by atoms with Crippen LogP contribution in [0.15, 0.2) is 59.5 Å². The van der Waals surface area contributed by atoms with Crippen LogP contribution in [0.4, 0.5) is 10.5 Å². The summed E-state index contributed by atoms with van der Waals surface area (Å²) in [4.78, 5) is 39.3. The Labute approximate surface area is 234 Å². The molecule has 38 heavy (non-hydrogen) atoms. The second-order valence-corrected chi connectivity index (χ2v) is 10.4. The summed E-state index contributed by atoms with van der Waals surface area (Å²) in [5.74, 6) is -0.345. The largest absolute Gasteiger partial charge is 0.493 e. The molecule has 3 aromatic carbocycles. The number of benzene rings is 3. The highest BCUT2D eigenvalue weighted by molar-refractivity contribution is 8.18. The van der Waals surface area contributed by atoms with E-state index in [-0.39, 0.29) is 45.7 Å². The number of methoxy groups -OCH3 is 1. The second kappa shape index (κ2) is 11.9. The van der Waals surface area contributed by atoms with Crippen molar-refractivity contribution >= 4 is 63.8 Å². The Balaban J connectivity index is 1.45. The molecular weight excluding hydrogens is 547 g/mol. The lowest BCUT2D eigenvalue weighted by molar-refractivity contribution is -0.123. The Morgan fingerprint density at radius 1 is 1.03 bits per heavy atom. The Hall–Kier alpha value is -3.46. The van der Waals surface area contributed by atoms with Gasteiger partial charge in [0, 0.05) is 10.7 Å². The molecule has 3 amide bonds. The van der Waals surface area contributed by atoms with Crippen LogP contribution in [0.1, 0.15) is 22.3 Å². The van der Waals surface area contributed by atoms with E-state index in [0.29, 0.717) is 16.3 Å². The van der Waals surface area contributed by atoms with Gasteiger partial charge in [-0.3, -0.25) is 19.3 Å². The minimum atomic E-state index is -0.408. The van der Waals surface area contributed by atoms with Crippen molar-refractivity contribution in [1.82, 2.24) is 4.90 Å². The number of aryl methyl sites for hydroxylation is 2. The van der Waals surface area contributed by atoms with Gasteiger partial charge >= 0.3 is 0 Å². The standard InChI is InChI=1S/C28H24Cl2N2O5S/c1-16-4-7-18(8-5-16)14-32-27(34)24(38-28(32)35)12-19-10-22(30)26(23(11-19)36-3)37-15-25(33)31-20-9-6-17(2)21(29)13-20/h4-13H,14-15H2,1-3H3,(H,31,33)/b24-12-. The average molecular weight is 571 g/mol. The molecule has 7 nitrogen and oxygen atoms in total. The number of ether oxygens (including phenoxy) is 2. The summed E-state index contributed by atoms with van der Waals surface area (Å²) in [6, 6.07) is 16.0. The first-order valence-corrected chi connectivity index (χ1v) is 13.1. The first-order chi connectivity index (χ1) is 18.1. The molecule has 1 aliphatic heterocycles. The molecule has 0 aromatic heterocycles. The number of halogens is 2. The summed E-state index contributed by atoms with van der Waals surface area (Å²) < 4.78 is 11.1. The van der Waals surface area contributed by atoms with E-state index in [1.165, 1.54) is 12.0 Å². The fraction of sp³-hybridized carbons (Fsp3) is 0.179. The van der Waals surface area contributed by atoms with Crippen LogP contribution >= 0.6 is 35.0 Å². The van der Waals surface area contributed by atoms with Crippen molar-refractivity contribution in [2.45, 2.75) is 20.4 Å². The highest BCUT2D eigenvalue weighted by Crippen LogP contribution is 2.39. The molecule has 3 aromatic rings. The highest BCUT2D eigenvalue weighted by atomic mass is 35.5. The van der Waals surface area contributed by atoms with Gasteiger partial charge < -0.3 is 14.8 Å². The maximum Gasteiger partial charge on any atom is 0.293 e. The van der Waals surface area contributed by atoms with Crippen LogP contribution in [-0.2, 0) is 16.1 Å². The number of nitrogens with one attached hydrogen (secondary N) is 1. The van der Waals surface area contributed by atoms with Crippen molar-refractivity contribution < 1.29 is 23.9 Å². The second-order valence-electron chi connectivity index (χ2n) is 8.59. The van der Waals surface area contributed by atoms with Crippen molar-refractivity contribution in [3.05, 3.63) is 91.8 Å². The lowest BCUT2D eigenvalue weighted by Gasteiger charge is -2.14. The monoisotopic (exact) mass is 570 g/mol. The first kappa shape index (κ1) is 27.6. The number of hydrogen-bond acceptors (Lipinski definition) is 6. The normalized spacial score (nSPS) is 14.2. The van der Waals surface area contributed by atoms with Crippen LogP contribution < -0.4 is 14.8 Å². The lowest BCUT2D eigenvalue weighted by atomic mass is 10.1. The van der Waals surface area contributed by atoms with E-state index in [1.807, 2.05) is 38.1 Å². The van der Waals surface area contributed by atoms with E-state index in [0.717, 1.165) is 28.5 Å². The number of hydrogen-bond donors (Lipinski definition) is 1. The molecule has 0 radical (unpaired) electrons. The van der Waals surface area contributed by atoms with Crippen LogP contribution in [-0.4, -0.2) is 35.7 Å². The number of thioether (sulfide) groups is 1. The van der Waals surface area contributed by atoms with E-state index in [1.54, 1.807) is 36.4 Å². The van der Waals surface area contributed by atoms with Crippen LogP contribution in [0.25, 0.3) is 6.08 Å². The molecule has 1 aliphatic rings. The lowest BCUT2D eigenvalue weighted by Crippen LogP contribution is -2.27. The number of amides is 3. The molecule has 1 heterocycles. The molecule has 0 spiro atoms. The molecule has 0 atom stereocenters. The Kier molecular flexibility index (Phi) is 8.66. The van der Waals surface area contributed by atoms with E-state index >= 15 is 0 Å². The highest BCUT2D eigenvalue weighted by Gasteiger charge is 2.35. The smallest absolute Gasteiger partial charge is 0.293 e. The number of carbonyl (C=O) groups is 3. The van der Waals surface area contributed by atoms with Gasteiger partial charge in [-0.15, -0.1) is 0 Å². The van der Waals surface area contributed by atoms with E-state index < -0.39 is 5.91 Å². The average Bonchev–Trinajstić information content (AvgIpc) is 3.13. The molecule has 1 N–H and O–H groups in total. The minimum Gasteiger partial charge on any atom is -0.493 e. The Morgan fingerprint density at radius 3 is 2.45 bits per heavy atom. The van der Waals surface area contributed by atoms with Gasteiger partial charge in [0.15, 0.2) is 18.1 Å².